The smallest absolute Gasteiger partial charge is 0.326 e. The second-order valence-corrected chi connectivity index (χ2v) is 5.60. The van der Waals surface area contributed by atoms with E-state index >= 15 is 0 Å². The molecule has 0 unspecified atom stereocenters. The van der Waals surface area contributed by atoms with E-state index < -0.39 is 40.7 Å². The lowest BCUT2D eigenvalue weighted by Crippen LogP contribution is -2.38. The van der Waals surface area contributed by atoms with Crippen molar-refractivity contribution in [2.24, 2.45) is 0 Å². The Hall–Kier alpha value is -2.25. The van der Waals surface area contributed by atoms with Crippen LogP contribution < -0.4 is 5.32 Å². The van der Waals surface area contributed by atoms with Gasteiger partial charge in [0.25, 0.3) is 0 Å². The number of carbonyl (C=O) groups excluding carboxylic acids is 2. The van der Waals surface area contributed by atoms with Gasteiger partial charge in [-0.3, -0.25) is 4.79 Å². The van der Waals surface area contributed by atoms with Gasteiger partial charge in [-0.15, -0.1) is 0 Å². The quantitative estimate of drug-likeness (QED) is 0.688. The molecule has 0 radical (unpaired) electrons. The minimum Gasteiger partial charge on any atom is -0.459 e. The van der Waals surface area contributed by atoms with Gasteiger partial charge in [0.1, 0.15) is 12.1 Å². The SMILES string of the molecule is CN(CC(=O)OC(C)(C)C)C(=O)Nc1ccc(F)c(F)c1F. The number of hydrogen-bond donors (Lipinski definition) is 1. The molecule has 0 atom stereocenters. The summed E-state index contributed by atoms with van der Waals surface area (Å²) in [5.41, 5.74) is -1.24. The van der Waals surface area contributed by atoms with Gasteiger partial charge in [0.2, 0.25) is 0 Å². The molecular weight excluding hydrogens is 301 g/mol. The first-order valence-electron chi connectivity index (χ1n) is 6.38. The summed E-state index contributed by atoms with van der Waals surface area (Å²) in [5, 5.41) is 2.04. The normalized spacial score (nSPS) is 11.0. The van der Waals surface area contributed by atoms with Crippen LogP contribution in [0.2, 0.25) is 0 Å². The molecule has 5 nitrogen and oxygen atoms in total. The van der Waals surface area contributed by atoms with E-state index in [-0.39, 0.29) is 6.54 Å². The van der Waals surface area contributed by atoms with Gasteiger partial charge < -0.3 is 15.0 Å². The highest BCUT2D eigenvalue weighted by Crippen LogP contribution is 2.19. The number of ether oxygens (including phenoxy) is 1. The summed E-state index contributed by atoms with van der Waals surface area (Å²) in [6, 6.07) is 0.699. The molecule has 0 aromatic heterocycles. The number of benzene rings is 1. The molecule has 122 valence electrons. The van der Waals surface area contributed by atoms with Crippen LogP contribution in [-0.2, 0) is 9.53 Å². The highest BCUT2D eigenvalue weighted by Gasteiger charge is 2.21. The average molecular weight is 318 g/mol. The van der Waals surface area contributed by atoms with Crippen molar-refractivity contribution < 1.29 is 27.5 Å². The maximum atomic E-state index is 13.4. The van der Waals surface area contributed by atoms with Crippen molar-refractivity contribution in [2.45, 2.75) is 26.4 Å². The Morgan fingerprint density at radius 3 is 2.32 bits per heavy atom. The van der Waals surface area contributed by atoms with E-state index in [1.807, 2.05) is 5.32 Å². The third kappa shape index (κ3) is 4.94. The topological polar surface area (TPSA) is 58.6 Å². The second-order valence-electron chi connectivity index (χ2n) is 5.60. The predicted molar refractivity (Wildman–Crippen MR) is 73.8 cm³/mol. The molecule has 0 heterocycles. The Balaban J connectivity index is 2.69. The molecule has 1 N–H and O–H groups in total. The molecule has 0 saturated carbocycles. The first-order valence-corrected chi connectivity index (χ1v) is 6.38. The third-order valence-corrected chi connectivity index (χ3v) is 2.41. The van der Waals surface area contributed by atoms with Gasteiger partial charge in [-0.05, 0) is 32.9 Å². The molecule has 2 amide bonds. The Morgan fingerprint density at radius 1 is 1.18 bits per heavy atom. The van der Waals surface area contributed by atoms with Crippen LogP contribution in [0.25, 0.3) is 0 Å². The standard InChI is InChI=1S/C14H17F3N2O3/c1-14(2,3)22-10(20)7-19(4)13(21)18-9-6-5-8(15)11(16)12(9)17/h5-6H,7H2,1-4H3,(H,18,21). The van der Waals surface area contributed by atoms with Gasteiger partial charge in [0.15, 0.2) is 17.5 Å². The number of hydrogen-bond acceptors (Lipinski definition) is 3. The van der Waals surface area contributed by atoms with Gasteiger partial charge in [-0.25, -0.2) is 18.0 Å². The zero-order chi connectivity index (χ0) is 17.1. The first-order chi connectivity index (χ1) is 10.0. The van der Waals surface area contributed by atoms with E-state index in [0.29, 0.717) is 6.07 Å². The van der Waals surface area contributed by atoms with Crippen LogP contribution in [0.4, 0.5) is 23.7 Å². The average Bonchev–Trinajstić information content (AvgIpc) is 2.37. The first kappa shape index (κ1) is 17.8. The maximum Gasteiger partial charge on any atom is 0.326 e. The van der Waals surface area contributed by atoms with Gasteiger partial charge >= 0.3 is 12.0 Å². The molecule has 0 saturated heterocycles. The Labute approximate surface area is 126 Å². The van der Waals surface area contributed by atoms with Crippen molar-refractivity contribution in [3.8, 4) is 0 Å². The molecule has 8 heteroatoms. The van der Waals surface area contributed by atoms with Crippen molar-refractivity contribution in [1.82, 2.24) is 4.90 Å². The number of nitrogens with zero attached hydrogens (tertiary/aromatic N) is 1. The van der Waals surface area contributed by atoms with E-state index in [1.54, 1.807) is 20.8 Å². The Kier molecular flexibility index (Phi) is 5.40. The molecule has 0 aliphatic rings. The summed E-state index contributed by atoms with van der Waals surface area (Å²) in [6.45, 7) is 4.62. The lowest BCUT2D eigenvalue weighted by atomic mass is 10.2. The Bertz CT molecular complexity index is 585. The van der Waals surface area contributed by atoms with Crippen molar-refractivity contribution >= 4 is 17.7 Å². The number of urea groups is 1. The van der Waals surface area contributed by atoms with Crippen LogP contribution in [0.15, 0.2) is 12.1 Å². The fourth-order valence-corrected chi connectivity index (χ4v) is 1.47. The van der Waals surface area contributed by atoms with Gasteiger partial charge in [0, 0.05) is 7.05 Å². The number of nitrogens with one attached hydrogen (secondary N) is 1. The number of esters is 1. The number of amides is 2. The number of likely N-dealkylation sites (N-methyl/N-ethyl adjacent to an activating group) is 1. The highest BCUT2D eigenvalue weighted by atomic mass is 19.2. The second kappa shape index (κ2) is 6.67. The fourth-order valence-electron chi connectivity index (χ4n) is 1.47. The van der Waals surface area contributed by atoms with Crippen LogP contribution >= 0.6 is 0 Å². The number of carbonyl (C=O) groups is 2. The molecular formula is C14H17F3N2O3. The summed E-state index contributed by atoms with van der Waals surface area (Å²) in [5.74, 6) is -5.22. The van der Waals surface area contributed by atoms with Gasteiger partial charge in [-0.1, -0.05) is 0 Å². The van der Waals surface area contributed by atoms with Crippen LogP contribution in [0.1, 0.15) is 20.8 Å². The van der Waals surface area contributed by atoms with Gasteiger partial charge in [0.05, 0.1) is 5.69 Å². The van der Waals surface area contributed by atoms with Crippen molar-refractivity contribution in [2.75, 3.05) is 18.9 Å². The number of rotatable bonds is 3. The van der Waals surface area contributed by atoms with E-state index in [2.05, 4.69) is 0 Å². The molecule has 1 aromatic rings. The van der Waals surface area contributed by atoms with E-state index in [9.17, 15) is 22.8 Å². The summed E-state index contributed by atoms with van der Waals surface area (Å²) >= 11 is 0. The molecule has 0 aliphatic carbocycles. The van der Waals surface area contributed by atoms with Crippen LogP contribution in [0.5, 0.6) is 0 Å². The zero-order valence-electron chi connectivity index (χ0n) is 12.7. The van der Waals surface area contributed by atoms with Crippen LogP contribution in [0.3, 0.4) is 0 Å². The fraction of sp³-hybridized carbons (Fsp3) is 0.429. The lowest BCUT2D eigenvalue weighted by molar-refractivity contribution is -0.155. The number of halogens is 3. The predicted octanol–water partition coefficient (Wildman–Crippen LogP) is 2.91. The Morgan fingerprint density at radius 2 is 1.77 bits per heavy atom. The van der Waals surface area contributed by atoms with Crippen molar-refractivity contribution in [3.05, 3.63) is 29.6 Å². The highest BCUT2D eigenvalue weighted by molar-refractivity contribution is 5.91. The molecule has 22 heavy (non-hydrogen) atoms. The third-order valence-electron chi connectivity index (χ3n) is 2.41. The largest absolute Gasteiger partial charge is 0.459 e. The molecule has 0 fully saturated rings. The summed E-state index contributed by atoms with van der Waals surface area (Å²) < 4.78 is 44.3. The van der Waals surface area contributed by atoms with Crippen molar-refractivity contribution in [1.29, 1.82) is 0 Å². The van der Waals surface area contributed by atoms with Gasteiger partial charge in [-0.2, -0.15) is 0 Å². The summed E-state index contributed by atoms with van der Waals surface area (Å²) in [6.07, 6.45) is 0. The zero-order valence-corrected chi connectivity index (χ0v) is 12.7. The van der Waals surface area contributed by atoms with E-state index in [1.165, 1.54) is 7.05 Å². The molecule has 0 aliphatic heterocycles. The van der Waals surface area contributed by atoms with E-state index in [4.69, 9.17) is 4.74 Å². The minimum absolute atomic E-state index is 0.381. The maximum absolute atomic E-state index is 13.4. The molecule has 1 rings (SSSR count). The molecule has 0 bridgehead atoms. The summed E-state index contributed by atoms with van der Waals surface area (Å²) in [7, 11) is 1.27. The molecule has 0 spiro atoms. The van der Waals surface area contributed by atoms with Crippen LogP contribution in [-0.4, -0.2) is 36.1 Å². The van der Waals surface area contributed by atoms with E-state index in [0.717, 1.165) is 11.0 Å². The monoisotopic (exact) mass is 318 g/mol. The molecule has 1 aromatic carbocycles. The number of anilines is 1. The van der Waals surface area contributed by atoms with Crippen LogP contribution in [0, 0.1) is 17.5 Å². The summed E-state index contributed by atoms with van der Waals surface area (Å²) in [4.78, 5) is 24.3. The lowest BCUT2D eigenvalue weighted by Gasteiger charge is -2.22. The van der Waals surface area contributed by atoms with Crippen molar-refractivity contribution in [3.63, 3.8) is 0 Å². The minimum atomic E-state index is -1.69.